The summed E-state index contributed by atoms with van der Waals surface area (Å²) in [6.45, 7) is 1.86. The van der Waals surface area contributed by atoms with Gasteiger partial charge in [-0.1, -0.05) is 22.0 Å². The zero-order valence-electron chi connectivity index (χ0n) is 5.56. The van der Waals surface area contributed by atoms with Gasteiger partial charge in [-0.25, -0.2) is 0 Å². The number of halogens is 1. The molecule has 0 unspecified atom stereocenters. The van der Waals surface area contributed by atoms with Gasteiger partial charge in [0.1, 0.15) is 5.75 Å². The first-order valence-corrected chi connectivity index (χ1v) is 3.45. The van der Waals surface area contributed by atoms with E-state index in [0.29, 0.717) is 5.75 Å². The van der Waals surface area contributed by atoms with E-state index in [1.54, 1.807) is 12.1 Å². The van der Waals surface area contributed by atoms with E-state index in [1.165, 1.54) is 0 Å². The van der Waals surface area contributed by atoms with Gasteiger partial charge < -0.3 is 10.6 Å². The summed E-state index contributed by atoms with van der Waals surface area (Å²) < 4.78 is 0.947. The zero-order chi connectivity index (χ0) is 6.85. The van der Waals surface area contributed by atoms with Crippen molar-refractivity contribution in [1.29, 1.82) is 0 Å². The van der Waals surface area contributed by atoms with Crippen molar-refractivity contribution in [2.24, 2.45) is 0 Å². The van der Waals surface area contributed by atoms with Gasteiger partial charge in [0.15, 0.2) is 0 Å². The number of phenolic OH excluding ortho intramolecular Hbond substituents is 1. The molecule has 0 bridgehead atoms. The third-order valence-corrected chi connectivity index (χ3v) is 2.10. The van der Waals surface area contributed by atoms with Crippen LogP contribution in [0.15, 0.2) is 22.7 Å². The van der Waals surface area contributed by atoms with E-state index < -0.39 is 0 Å². The number of phenols is 1. The molecule has 10 heavy (non-hydrogen) atoms. The summed E-state index contributed by atoms with van der Waals surface area (Å²) in [6.07, 6.45) is 0. The molecule has 0 aliphatic carbocycles. The first kappa shape index (κ1) is 9.46. The minimum Gasteiger partial charge on any atom is -0.508 e. The summed E-state index contributed by atoms with van der Waals surface area (Å²) in [4.78, 5) is 0. The monoisotopic (exact) mass is 204 g/mol. The topological polar surface area (TPSA) is 51.7 Å². The highest BCUT2D eigenvalue weighted by Crippen LogP contribution is 2.23. The summed E-state index contributed by atoms with van der Waals surface area (Å²) in [5.41, 5.74) is 0.887. The predicted octanol–water partition coefficient (Wildman–Crippen LogP) is 1.64. The molecule has 3 N–H and O–H groups in total. The van der Waals surface area contributed by atoms with Crippen LogP contribution in [0.5, 0.6) is 5.75 Å². The van der Waals surface area contributed by atoms with Gasteiger partial charge >= 0.3 is 0 Å². The van der Waals surface area contributed by atoms with Crippen LogP contribution in [-0.2, 0) is 0 Å². The number of benzene rings is 1. The van der Waals surface area contributed by atoms with Crippen molar-refractivity contribution in [1.82, 2.24) is 0 Å². The molecule has 0 heterocycles. The Morgan fingerprint density at radius 3 is 2.40 bits per heavy atom. The lowest BCUT2D eigenvalue weighted by molar-refractivity contribution is 0.470. The molecule has 1 rings (SSSR count). The van der Waals surface area contributed by atoms with Crippen molar-refractivity contribution in [2.45, 2.75) is 6.92 Å². The molecule has 0 saturated heterocycles. The lowest BCUT2D eigenvalue weighted by Crippen LogP contribution is -1.74. The van der Waals surface area contributed by atoms with Crippen molar-refractivity contribution in [3.8, 4) is 5.75 Å². The highest BCUT2D eigenvalue weighted by atomic mass is 79.9. The maximum atomic E-state index is 9.07. The normalized spacial score (nSPS) is 8.60. The largest absolute Gasteiger partial charge is 0.508 e. The molecule has 3 heteroatoms. The Morgan fingerprint density at radius 2 is 2.00 bits per heavy atom. The predicted molar refractivity (Wildman–Crippen MR) is 44.2 cm³/mol. The summed E-state index contributed by atoms with van der Waals surface area (Å²) in [5, 5.41) is 9.07. The number of rotatable bonds is 0. The quantitative estimate of drug-likeness (QED) is 0.687. The van der Waals surface area contributed by atoms with Crippen molar-refractivity contribution < 1.29 is 10.6 Å². The molecule has 0 fully saturated rings. The van der Waals surface area contributed by atoms with E-state index in [-0.39, 0.29) is 5.48 Å². The summed E-state index contributed by atoms with van der Waals surface area (Å²) in [7, 11) is 0. The Labute approximate surface area is 67.9 Å². The maximum Gasteiger partial charge on any atom is 0.119 e. The number of hydrogen-bond acceptors (Lipinski definition) is 1. The molecule has 1 aromatic carbocycles. The molecule has 0 atom stereocenters. The van der Waals surface area contributed by atoms with Crippen molar-refractivity contribution in [3.63, 3.8) is 0 Å². The Morgan fingerprint density at radius 1 is 1.40 bits per heavy atom. The average Bonchev–Trinajstić information content (AvgIpc) is 1.83. The van der Waals surface area contributed by atoms with E-state index in [0.717, 1.165) is 10.0 Å². The molecule has 0 amide bonds. The Balaban J connectivity index is 0.000000810. The van der Waals surface area contributed by atoms with Crippen LogP contribution in [-0.4, -0.2) is 10.6 Å². The van der Waals surface area contributed by atoms with Gasteiger partial charge in [0.2, 0.25) is 0 Å². The Hall–Kier alpha value is -0.540. The number of hydrogen-bond donors (Lipinski definition) is 1. The van der Waals surface area contributed by atoms with E-state index in [1.807, 2.05) is 13.0 Å². The minimum absolute atomic E-state index is 0. The number of aromatic hydroxyl groups is 1. The first-order chi connectivity index (χ1) is 4.22. The minimum atomic E-state index is 0. The van der Waals surface area contributed by atoms with Crippen LogP contribution in [0.25, 0.3) is 0 Å². The smallest absolute Gasteiger partial charge is 0.119 e. The second kappa shape index (κ2) is 3.58. The molecule has 2 nitrogen and oxygen atoms in total. The molecule has 0 radical (unpaired) electrons. The van der Waals surface area contributed by atoms with Crippen LogP contribution in [0.2, 0.25) is 0 Å². The molecule has 0 saturated carbocycles. The van der Waals surface area contributed by atoms with Crippen LogP contribution in [0.3, 0.4) is 0 Å². The first-order valence-electron chi connectivity index (χ1n) is 2.66. The second-order valence-corrected chi connectivity index (χ2v) is 2.74. The van der Waals surface area contributed by atoms with Crippen LogP contribution in [0, 0.1) is 6.92 Å². The SMILES string of the molecule is Cc1c(O)cccc1Br.O. The van der Waals surface area contributed by atoms with E-state index >= 15 is 0 Å². The van der Waals surface area contributed by atoms with Crippen LogP contribution < -0.4 is 0 Å². The molecular formula is C7H9BrO2. The molecule has 0 aliphatic heterocycles. The third kappa shape index (κ3) is 1.72. The highest BCUT2D eigenvalue weighted by molar-refractivity contribution is 9.10. The Bertz CT molecular complexity index is 203. The van der Waals surface area contributed by atoms with Gasteiger partial charge in [0.05, 0.1) is 0 Å². The fraction of sp³-hybridized carbons (Fsp3) is 0.143. The van der Waals surface area contributed by atoms with E-state index in [9.17, 15) is 0 Å². The van der Waals surface area contributed by atoms with Crippen molar-refractivity contribution >= 4 is 15.9 Å². The van der Waals surface area contributed by atoms with Gasteiger partial charge in [-0.15, -0.1) is 0 Å². The fourth-order valence-corrected chi connectivity index (χ4v) is 0.952. The average molecular weight is 205 g/mol. The van der Waals surface area contributed by atoms with Crippen molar-refractivity contribution in [3.05, 3.63) is 28.2 Å². The fourth-order valence-electron chi connectivity index (χ4n) is 0.596. The molecule has 1 aromatic rings. The lowest BCUT2D eigenvalue weighted by Gasteiger charge is -1.97. The molecule has 0 spiro atoms. The zero-order valence-corrected chi connectivity index (χ0v) is 7.14. The van der Waals surface area contributed by atoms with Crippen LogP contribution in [0.1, 0.15) is 5.56 Å². The maximum absolute atomic E-state index is 9.07. The molecule has 0 aromatic heterocycles. The second-order valence-electron chi connectivity index (χ2n) is 1.88. The van der Waals surface area contributed by atoms with Crippen LogP contribution >= 0.6 is 15.9 Å². The highest BCUT2D eigenvalue weighted by Gasteiger charge is 1.96. The third-order valence-electron chi connectivity index (χ3n) is 1.24. The van der Waals surface area contributed by atoms with Gasteiger partial charge in [0, 0.05) is 10.0 Å². The van der Waals surface area contributed by atoms with E-state index in [2.05, 4.69) is 15.9 Å². The van der Waals surface area contributed by atoms with Crippen LogP contribution in [0.4, 0.5) is 0 Å². The summed E-state index contributed by atoms with van der Waals surface area (Å²) in [5.74, 6) is 0.337. The standard InChI is InChI=1S/C7H7BrO.H2O/c1-5-6(8)3-2-4-7(5)9;/h2-4,9H,1H3;1H2. The van der Waals surface area contributed by atoms with Gasteiger partial charge in [-0.05, 0) is 19.1 Å². The van der Waals surface area contributed by atoms with Crippen molar-refractivity contribution in [2.75, 3.05) is 0 Å². The molecule has 56 valence electrons. The molecule has 0 aliphatic rings. The summed E-state index contributed by atoms with van der Waals surface area (Å²) >= 11 is 3.29. The van der Waals surface area contributed by atoms with Gasteiger partial charge in [-0.3, -0.25) is 0 Å². The van der Waals surface area contributed by atoms with E-state index in [4.69, 9.17) is 5.11 Å². The molecular weight excluding hydrogens is 196 g/mol. The van der Waals surface area contributed by atoms with Gasteiger partial charge in [0.25, 0.3) is 0 Å². The Kier molecular flexibility index (Phi) is 3.39. The summed E-state index contributed by atoms with van der Waals surface area (Å²) in [6, 6.07) is 5.36. The lowest BCUT2D eigenvalue weighted by atomic mass is 10.2. The van der Waals surface area contributed by atoms with Gasteiger partial charge in [-0.2, -0.15) is 0 Å².